The second-order valence-electron chi connectivity index (χ2n) is 3.38. The van der Waals surface area contributed by atoms with Crippen LogP contribution in [0.25, 0.3) is 0 Å². The monoisotopic (exact) mass is 155 g/mol. The van der Waals surface area contributed by atoms with Crippen molar-refractivity contribution in [3.8, 4) is 0 Å². The van der Waals surface area contributed by atoms with Crippen LogP contribution in [0.15, 0.2) is 12.2 Å². The molecule has 0 saturated heterocycles. The first-order valence-corrected chi connectivity index (χ1v) is 4.54. The Labute approximate surface area is 70.9 Å². The number of rotatable bonds is 6. The summed E-state index contributed by atoms with van der Waals surface area (Å²) in [6, 6.07) is 0.645. The Morgan fingerprint density at radius 2 is 2.18 bits per heavy atom. The summed E-state index contributed by atoms with van der Waals surface area (Å²) in [5, 5.41) is 3.42. The van der Waals surface area contributed by atoms with E-state index in [1.807, 2.05) is 0 Å². The highest BCUT2D eigenvalue weighted by Crippen LogP contribution is 1.99. The maximum Gasteiger partial charge on any atom is 0.0161 e. The smallest absolute Gasteiger partial charge is 0.0161 e. The van der Waals surface area contributed by atoms with Gasteiger partial charge in [-0.1, -0.05) is 31.9 Å². The SMILES string of the molecule is C=C(C)CNC(C)CCCC. The van der Waals surface area contributed by atoms with Crippen LogP contribution in [-0.4, -0.2) is 12.6 Å². The molecule has 0 aliphatic rings. The molecule has 1 nitrogen and oxygen atoms in total. The van der Waals surface area contributed by atoms with Crippen molar-refractivity contribution >= 4 is 0 Å². The molecule has 0 bridgehead atoms. The Morgan fingerprint density at radius 3 is 2.64 bits per heavy atom. The van der Waals surface area contributed by atoms with Crippen LogP contribution in [0.3, 0.4) is 0 Å². The van der Waals surface area contributed by atoms with Gasteiger partial charge in [0.05, 0.1) is 0 Å². The molecular formula is C10H21N. The van der Waals surface area contributed by atoms with E-state index in [9.17, 15) is 0 Å². The van der Waals surface area contributed by atoms with E-state index in [1.54, 1.807) is 0 Å². The van der Waals surface area contributed by atoms with Crippen molar-refractivity contribution in [3.63, 3.8) is 0 Å². The van der Waals surface area contributed by atoms with Crippen LogP contribution in [0.1, 0.15) is 40.0 Å². The van der Waals surface area contributed by atoms with Gasteiger partial charge in [-0.25, -0.2) is 0 Å². The van der Waals surface area contributed by atoms with Crippen molar-refractivity contribution in [1.29, 1.82) is 0 Å². The van der Waals surface area contributed by atoms with Crippen LogP contribution in [-0.2, 0) is 0 Å². The van der Waals surface area contributed by atoms with Crippen LogP contribution < -0.4 is 5.32 Å². The highest BCUT2D eigenvalue weighted by molar-refractivity contribution is 4.91. The van der Waals surface area contributed by atoms with Crippen molar-refractivity contribution < 1.29 is 0 Å². The van der Waals surface area contributed by atoms with Gasteiger partial charge in [-0.2, -0.15) is 0 Å². The van der Waals surface area contributed by atoms with Gasteiger partial charge in [0.15, 0.2) is 0 Å². The molecule has 11 heavy (non-hydrogen) atoms. The van der Waals surface area contributed by atoms with E-state index in [1.165, 1.54) is 24.8 Å². The molecule has 0 spiro atoms. The molecule has 0 heterocycles. The van der Waals surface area contributed by atoms with Gasteiger partial charge in [0.1, 0.15) is 0 Å². The second-order valence-corrected chi connectivity index (χ2v) is 3.38. The fourth-order valence-corrected chi connectivity index (χ4v) is 0.961. The Bertz CT molecular complexity index is 107. The molecule has 0 radical (unpaired) electrons. The molecule has 0 aromatic carbocycles. The minimum absolute atomic E-state index is 0.645. The largest absolute Gasteiger partial charge is 0.311 e. The lowest BCUT2D eigenvalue weighted by molar-refractivity contribution is 0.514. The number of unbranched alkanes of at least 4 members (excludes halogenated alkanes) is 1. The summed E-state index contributed by atoms with van der Waals surface area (Å²) >= 11 is 0. The first-order valence-electron chi connectivity index (χ1n) is 4.54. The lowest BCUT2D eigenvalue weighted by Crippen LogP contribution is -2.27. The standard InChI is InChI=1S/C10H21N/c1-5-6-7-10(4)11-8-9(2)3/h10-11H,2,5-8H2,1,3-4H3. The average molecular weight is 155 g/mol. The average Bonchev–Trinajstić information content (AvgIpc) is 1.97. The van der Waals surface area contributed by atoms with Crippen molar-refractivity contribution in [1.82, 2.24) is 5.32 Å². The predicted molar refractivity (Wildman–Crippen MR) is 51.8 cm³/mol. The molecular weight excluding hydrogens is 134 g/mol. The third-order valence-corrected chi connectivity index (χ3v) is 1.74. The Morgan fingerprint density at radius 1 is 1.55 bits per heavy atom. The Balaban J connectivity index is 3.22. The Kier molecular flexibility index (Phi) is 6.24. The summed E-state index contributed by atoms with van der Waals surface area (Å²) in [5.74, 6) is 0. The van der Waals surface area contributed by atoms with Gasteiger partial charge in [-0.3, -0.25) is 0 Å². The summed E-state index contributed by atoms with van der Waals surface area (Å²) in [6.07, 6.45) is 3.90. The molecule has 0 aromatic heterocycles. The van der Waals surface area contributed by atoms with E-state index in [2.05, 4.69) is 32.7 Å². The zero-order chi connectivity index (χ0) is 8.69. The van der Waals surface area contributed by atoms with Crippen LogP contribution in [0, 0.1) is 0 Å². The number of hydrogen-bond donors (Lipinski definition) is 1. The molecule has 0 amide bonds. The van der Waals surface area contributed by atoms with E-state index in [0.717, 1.165) is 6.54 Å². The van der Waals surface area contributed by atoms with E-state index < -0.39 is 0 Å². The van der Waals surface area contributed by atoms with Crippen LogP contribution in [0.2, 0.25) is 0 Å². The predicted octanol–water partition coefficient (Wildman–Crippen LogP) is 2.73. The molecule has 0 fully saturated rings. The molecule has 0 aliphatic heterocycles. The van der Waals surface area contributed by atoms with Crippen LogP contribution in [0.4, 0.5) is 0 Å². The minimum atomic E-state index is 0.645. The molecule has 0 aliphatic carbocycles. The van der Waals surface area contributed by atoms with Gasteiger partial charge in [-0.15, -0.1) is 0 Å². The van der Waals surface area contributed by atoms with Gasteiger partial charge in [0.25, 0.3) is 0 Å². The molecule has 1 heteroatoms. The summed E-state index contributed by atoms with van der Waals surface area (Å²) in [6.45, 7) is 11.3. The van der Waals surface area contributed by atoms with E-state index >= 15 is 0 Å². The third kappa shape index (κ3) is 7.60. The summed E-state index contributed by atoms with van der Waals surface area (Å²) in [5.41, 5.74) is 1.22. The van der Waals surface area contributed by atoms with Gasteiger partial charge in [0.2, 0.25) is 0 Å². The lowest BCUT2D eigenvalue weighted by atomic mass is 10.1. The summed E-state index contributed by atoms with van der Waals surface area (Å²) in [7, 11) is 0. The van der Waals surface area contributed by atoms with E-state index in [-0.39, 0.29) is 0 Å². The fourth-order valence-electron chi connectivity index (χ4n) is 0.961. The highest BCUT2D eigenvalue weighted by atomic mass is 14.9. The first kappa shape index (κ1) is 10.7. The molecule has 66 valence electrons. The van der Waals surface area contributed by atoms with Crippen molar-refractivity contribution in [2.75, 3.05) is 6.54 Å². The van der Waals surface area contributed by atoms with Gasteiger partial charge >= 0.3 is 0 Å². The maximum atomic E-state index is 3.84. The molecule has 1 N–H and O–H groups in total. The molecule has 1 unspecified atom stereocenters. The topological polar surface area (TPSA) is 12.0 Å². The minimum Gasteiger partial charge on any atom is -0.311 e. The van der Waals surface area contributed by atoms with E-state index in [4.69, 9.17) is 0 Å². The third-order valence-electron chi connectivity index (χ3n) is 1.74. The molecule has 0 rings (SSSR count). The second kappa shape index (κ2) is 6.41. The molecule has 0 aromatic rings. The van der Waals surface area contributed by atoms with Gasteiger partial charge in [-0.05, 0) is 20.3 Å². The summed E-state index contributed by atoms with van der Waals surface area (Å²) < 4.78 is 0. The van der Waals surface area contributed by atoms with Crippen molar-refractivity contribution in [3.05, 3.63) is 12.2 Å². The zero-order valence-electron chi connectivity index (χ0n) is 8.11. The van der Waals surface area contributed by atoms with E-state index in [0.29, 0.717) is 6.04 Å². The van der Waals surface area contributed by atoms with Crippen molar-refractivity contribution in [2.45, 2.75) is 46.1 Å². The molecule has 0 saturated carbocycles. The molecule has 1 atom stereocenters. The van der Waals surface area contributed by atoms with Crippen molar-refractivity contribution in [2.24, 2.45) is 0 Å². The summed E-state index contributed by atoms with van der Waals surface area (Å²) in [4.78, 5) is 0. The zero-order valence-corrected chi connectivity index (χ0v) is 8.11. The lowest BCUT2D eigenvalue weighted by Gasteiger charge is -2.12. The highest BCUT2D eigenvalue weighted by Gasteiger charge is 1.98. The maximum absolute atomic E-state index is 3.84. The van der Waals surface area contributed by atoms with Crippen LogP contribution >= 0.6 is 0 Å². The first-order chi connectivity index (χ1) is 5.16. The Hall–Kier alpha value is -0.300. The van der Waals surface area contributed by atoms with Crippen LogP contribution in [0.5, 0.6) is 0 Å². The van der Waals surface area contributed by atoms with Gasteiger partial charge in [0, 0.05) is 12.6 Å². The fraction of sp³-hybridized carbons (Fsp3) is 0.800. The number of nitrogens with one attached hydrogen (secondary N) is 1. The quantitative estimate of drug-likeness (QED) is 0.582. The number of hydrogen-bond acceptors (Lipinski definition) is 1. The van der Waals surface area contributed by atoms with Gasteiger partial charge < -0.3 is 5.32 Å². The normalized spacial score (nSPS) is 13.0.